The first-order chi connectivity index (χ1) is 12.5. The first-order valence-corrected chi connectivity index (χ1v) is 9.40. The maximum atomic E-state index is 13.3. The summed E-state index contributed by atoms with van der Waals surface area (Å²) in [7, 11) is 0. The van der Waals surface area contributed by atoms with E-state index in [9.17, 15) is 9.50 Å². The van der Waals surface area contributed by atoms with E-state index in [4.69, 9.17) is 19.8 Å². The van der Waals surface area contributed by atoms with Gasteiger partial charge in [-0.05, 0) is 42.9 Å². The van der Waals surface area contributed by atoms with Gasteiger partial charge in [0, 0.05) is 31.1 Å². The number of β-amino-alcohol motifs (C(OH)–C–C–N with tert-alkyl or cyclic N) is 1. The van der Waals surface area contributed by atoms with Crippen LogP contribution in [0.15, 0.2) is 11.4 Å². The molecule has 26 heavy (non-hydrogen) atoms. The number of rotatable bonds is 4. The second kappa shape index (κ2) is 12.7. The van der Waals surface area contributed by atoms with Crippen molar-refractivity contribution in [3.8, 4) is 0 Å². The third-order valence-corrected chi connectivity index (χ3v) is 5.21. The highest BCUT2D eigenvalue weighted by molar-refractivity contribution is 7.10. The Kier molecular flexibility index (Phi) is 11.0. The van der Waals surface area contributed by atoms with Crippen molar-refractivity contribution in [2.75, 3.05) is 26.2 Å². The Morgan fingerprint density at radius 2 is 1.69 bits per heavy atom. The van der Waals surface area contributed by atoms with Crippen LogP contribution in [-0.2, 0) is 22.7 Å². The molecule has 3 rings (SSSR count). The fourth-order valence-electron chi connectivity index (χ4n) is 3.14. The van der Waals surface area contributed by atoms with Gasteiger partial charge in [-0.3, -0.25) is 19.4 Å². The molecule has 3 N–H and O–H groups in total. The van der Waals surface area contributed by atoms with Crippen molar-refractivity contribution < 1.29 is 29.3 Å². The lowest BCUT2D eigenvalue weighted by molar-refractivity contribution is -0.123. The first kappa shape index (κ1) is 22.5. The number of piperidine rings is 1. The van der Waals surface area contributed by atoms with Crippen LogP contribution >= 0.6 is 11.3 Å². The molecule has 148 valence electrons. The maximum Gasteiger partial charge on any atom is 0.290 e. The fraction of sp³-hybridized carbons (Fsp3) is 0.647. The molecule has 2 aliphatic heterocycles. The standard InChI is InChI=1S/C15H23FN2OS.2CH2O2/c16-14-9-18(10-15(14)19)8-13-6-12(11-20-13)7-17-4-2-1-3-5-17;2*2-1-3/h6,11,14-15,19H,1-5,7-10H2;2*1H,(H,2,3)/t14-,15-;;/m1../s1. The van der Waals surface area contributed by atoms with E-state index in [1.54, 1.807) is 11.3 Å². The highest BCUT2D eigenvalue weighted by Crippen LogP contribution is 2.22. The summed E-state index contributed by atoms with van der Waals surface area (Å²) < 4.78 is 13.3. The Balaban J connectivity index is 0.000000499. The van der Waals surface area contributed by atoms with Gasteiger partial charge in [0.2, 0.25) is 0 Å². The van der Waals surface area contributed by atoms with Gasteiger partial charge in [0.15, 0.2) is 0 Å². The van der Waals surface area contributed by atoms with Gasteiger partial charge in [0.05, 0.1) is 6.10 Å². The Morgan fingerprint density at radius 3 is 2.23 bits per heavy atom. The largest absolute Gasteiger partial charge is 0.483 e. The molecule has 0 amide bonds. The van der Waals surface area contributed by atoms with Gasteiger partial charge >= 0.3 is 0 Å². The van der Waals surface area contributed by atoms with E-state index in [1.165, 1.54) is 42.8 Å². The molecule has 1 aromatic heterocycles. The lowest BCUT2D eigenvalue weighted by Gasteiger charge is -2.25. The molecule has 3 heterocycles. The predicted molar refractivity (Wildman–Crippen MR) is 97.0 cm³/mol. The predicted octanol–water partition coefficient (Wildman–Crippen LogP) is 1.65. The number of alkyl halides is 1. The van der Waals surface area contributed by atoms with Gasteiger partial charge in [-0.2, -0.15) is 0 Å². The minimum absolute atomic E-state index is 0.250. The molecule has 2 atom stereocenters. The van der Waals surface area contributed by atoms with Gasteiger partial charge in [-0.1, -0.05) is 6.42 Å². The molecular weight excluding hydrogens is 363 g/mol. The Labute approximate surface area is 156 Å². The topological polar surface area (TPSA) is 101 Å². The van der Waals surface area contributed by atoms with Crippen molar-refractivity contribution in [2.45, 2.75) is 44.6 Å². The van der Waals surface area contributed by atoms with E-state index in [2.05, 4.69) is 16.3 Å². The number of halogens is 1. The fourth-order valence-corrected chi connectivity index (χ4v) is 4.06. The van der Waals surface area contributed by atoms with Crippen LogP contribution in [0.4, 0.5) is 4.39 Å². The van der Waals surface area contributed by atoms with Gasteiger partial charge in [0.25, 0.3) is 12.9 Å². The van der Waals surface area contributed by atoms with Crippen LogP contribution in [0.1, 0.15) is 29.7 Å². The number of aliphatic hydroxyl groups excluding tert-OH is 1. The zero-order chi connectivity index (χ0) is 19.4. The number of nitrogens with zero attached hydrogens (tertiary/aromatic N) is 2. The summed E-state index contributed by atoms with van der Waals surface area (Å²) >= 11 is 1.76. The molecule has 0 bridgehead atoms. The molecule has 2 saturated heterocycles. The molecule has 0 spiro atoms. The molecule has 2 aliphatic rings. The zero-order valence-corrected chi connectivity index (χ0v) is 15.5. The Morgan fingerprint density at radius 1 is 1.08 bits per heavy atom. The third kappa shape index (κ3) is 8.22. The van der Waals surface area contributed by atoms with Gasteiger partial charge in [-0.15, -0.1) is 11.3 Å². The molecule has 0 aliphatic carbocycles. The molecule has 0 saturated carbocycles. The average molecular weight is 390 g/mol. The van der Waals surface area contributed by atoms with Gasteiger partial charge in [-0.25, -0.2) is 4.39 Å². The van der Waals surface area contributed by atoms with Crippen molar-refractivity contribution in [1.29, 1.82) is 0 Å². The number of hydrogen-bond donors (Lipinski definition) is 3. The minimum Gasteiger partial charge on any atom is -0.483 e. The van der Waals surface area contributed by atoms with E-state index >= 15 is 0 Å². The van der Waals surface area contributed by atoms with Crippen molar-refractivity contribution in [3.63, 3.8) is 0 Å². The van der Waals surface area contributed by atoms with Crippen molar-refractivity contribution in [2.24, 2.45) is 0 Å². The van der Waals surface area contributed by atoms with E-state index in [0.29, 0.717) is 13.1 Å². The number of aliphatic hydroxyl groups is 1. The van der Waals surface area contributed by atoms with Crippen LogP contribution in [0.3, 0.4) is 0 Å². The number of likely N-dealkylation sites (tertiary alicyclic amines) is 2. The quantitative estimate of drug-likeness (QED) is 0.672. The lowest BCUT2D eigenvalue weighted by Crippen LogP contribution is -2.28. The summed E-state index contributed by atoms with van der Waals surface area (Å²) in [6.07, 6.45) is 2.12. The molecule has 9 heteroatoms. The summed E-state index contributed by atoms with van der Waals surface area (Å²) in [5.41, 5.74) is 1.38. The summed E-state index contributed by atoms with van der Waals surface area (Å²) in [5, 5.41) is 25.5. The highest BCUT2D eigenvalue weighted by atomic mass is 32.1. The summed E-state index contributed by atoms with van der Waals surface area (Å²) in [6, 6.07) is 2.25. The van der Waals surface area contributed by atoms with Crippen LogP contribution in [0.2, 0.25) is 0 Å². The molecule has 7 nitrogen and oxygen atoms in total. The molecule has 0 aromatic carbocycles. The summed E-state index contributed by atoms with van der Waals surface area (Å²) in [4.78, 5) is 22.5. The lowest BCUT2D eigenvalue weighted by atomic mass is 10.1. The molecule has 0 unspecified atom stereocenters. The average Bonchev–Trinajstić information content (AvgIpc) is 3.16. The van der Waals surface area contributed by atoms with Crippen LogP contribution in [0.5, 0.6) is 0 Å². The number of carboxylic acid groups (broad SMARTS) is 2. The Hall–Kier alpha value is -1.55. The maximum absolute atomic E-state index is 13.3. The number of hydrogen-bond acceptors (Lipinski definition) is 6. The monoisotopic (exact) mass is 390 g/mol. The molecule has 0 radical (unpaired) electrons. The zero-order valence-electron chi connectivity index (χ0n) is 14.7. The smallest absolute Gasteiger partial charge is 0.290 e. The molecular formula is C17H27FN2O5S. The van der Waals surface area contributed by atoms with Crippen LogP contribution in [-0.4, -0.2) is 76.5 Å². The molecule has 2 fully saturated rings. The Bertz CT molecular complexity index is 509. The van der Waals surface area contributed by atoms with Gasteiger partial charge in [0.1, 0.15) is 6.17 Å². The van der Waals surface area contributed by atoms with E-state index in [0.717, 1.165) is 13.1 Å². The van der Waals surface area contributed by atoms with Gasteiger partial charge < -0.3 is 15.3 Å². The normalized spacial score (nSPS) is 23.3. The molecule has 1 aromatic rings. The highest BCUT2D eigenvalue weighted by Gasteiger charge is 2.31. The van der Waals surface area contributed by atoms with Crippen molar-refractivity contribution >= 4 is 24.3 Å². The SMILES string of the molecule is O=CO.O=CO.O[C@@H]1CN(Cc2cc(CN3CCCCC3)cs2)C[C@H]1F. The minimum atomic E-state index is -1.08. The number of carbonyl (C=O) groups is 2. The third-order valence-electron chi connectivity index (χ3n) is 4.24. The van der Waals surface area contributed by atoms with Crippen LogP contribution < -0.4 is 0 Å². The van der Waals surface area contributed by atoms with E-state index in [-0.39, 0.29) is 12.9 Å². The van der Waals surface area contributed by atoms with E-state index in [1.807, 2.05) is 4.90 Å². The summed E-state index contributed by atoms with van der Waals surface area (Å²) in [6.45, 7) is 4.56. The second-order valence-electron chi connectivity index (χ2n) is 6.25. The van der Waals surface area contributed by atoms with Crippen LogP contribution in [0.25, 0.3) is 0 Å². The number of thiophene rings is 1. The van der Waals surface area contributed by atoms with Crippen molar-refractivity contribution in [1.82, 2.24) is 9.80 Å². The van der Waals surface area contributed by atoms with E-state index < -0.39 is 12.3 Å². The van der Waals surface area contributed by atoms with Crippen LogP contribution in [0, 0.1) is 0 Å². The second-order valence-corrected chi connectivity index (χ2v) is 7.24. The van der Waals surface area contributed by atoms with Crippen molar-refractivity contribution in [3.05, 3.63) is 21.9 Å². The summed E-state index contributed by atoms with van der Waals surface area (Å²) in [5.74, 6) is 0. The first-order valence-electron chi connectivity index (χ1n) is 8.52.